The molecule has 277 valence electrons. The molecule has 6 rings (SSSR count). The Kier molecular flexibility index (Phi) is 11.4. The van der Waals surface area contributed by atoms with Gasteiger partial charge in [0.25, 0.3) is 0 Å². The molecular weight excluding hydrogens is 889 g/mol. The number of hydrogen-bond acceptors (Lipinski definition) is 12. The van der Waals surface area contributed by atoms with E-state index in [1.807, 2.05) is 0 Å². The Morgan fingerprint density at radius 1 is 0.962 bits per heavy atom. The molecular formula is C38H45AcNO12. The number of aliphatic hydroxyl groups excluding tert-OH is 3. The fraction of sp³-hybridized carbons (Fsp3) is 0.526. The van der Waals surface area contributed by atoms with E-state index in [0.29, 0.717) is 5.56 Å². The Morgan fingerprint density at radius 3 is 2.12 bits per heavy atom. The second-order valence-corrected chi connectivity index (χ2v) is 15.1. The number of fused-ring (bicyclic) bond motifs is 5. The number of benzene rings is 2. The molecule has 0 spiro atoms. The van der Waals surface area contributed by atoms with E-state index in [0.717, 1.165) is 0 Å². The minimum Gasteiger partial charge on any atom is -0.456 e. The number of carbonyl (C=O) groups excluding carboxylic acids is 4. The Balaban J connectivity index is 0.00000523. The SMILES string of the molecule is CC(=O)NC(c1ccccc1)C(O)C(=O)OC1CC2(O)C(OC(=O)c3ccccc3)C3C4(O)COC4CC(O)[C@@]3(C)C(=O)C(O)C(=C1C)C2(C)C.[Ac]. The molecule has 1 aliphatic heterocycles. The summed E-state index contributed by atoms with van der Waals surface area (Å²) in [5, 5.41) is 62.7. The maximum Gasteiger partial charge on any atom is 0.338 e. The van der Waals surface area contributed by atoms with Gasteiger partial charge < -0.3 is 45.1 Å². The molecule has 1 amide bonds. The Hall–Kier alpha value is -2.54. The van der Waals surface area contributed by atoms with Crippen LogP contribution in [0.15, 0.2) is 71.8 Å². The van der Waals surface area contributed by atoms with Gasteiger partial charge in [-0.1, -0.05) is 62.4 Å². The summed E-state index contributed by atoms with van der Waals surface area (Å²) in [5.74, 6) is -4.98. The molecule has 3 aliphatic carbocycles. The molecule has 2 aromatic carbocycles. The van der Waals surface area contributed by atoms with Crippen LogP contribution in [0.2, 0.25) is 0 Å². The maximum absolute atomic E-state index is 14.6. The molecule has 1 heterocycles. The van der Waals surface area contributed by atoms with Crippen molar-refractivity contribution in [3.05, 3.63) is 82.9 Å². The molecule has 4 aliphatic rings. The van der Waals surface area contributed by atoms with E-state index in [-0.39, 0.29) is 73.8 Å². The van der Waals surface area contributed by atoms with Crippen molar-refractivity contribution in [3.8, 4) is 0 Å². The number of esters is 2. The summed E-state index contributed by atoms with van der Waals surface area (Å²) in [6, 6.07) is 15.0. The van der Waals surface area contributed by atoms with Gasteiger partial charge in [-0.25, -0.2) is 9.59 Å². The molecule has 11 atom stereocenters. The van der Waals surface area contributed by atoms with Crippen molar-refractivity contribution in [3.63, 3.8) is 0 Å². The molecule has 14 heteroatoms. The van der Waals surface area contributed by atoms with Gasteiger partial charge in [0.2, 0.25) is 5.91 Å². The zero-order chi connectivity index (χ0) is 37.3. The Labute approximate surface area is 337 Å². The second-order valence-electron chi connectivity index (χ2n) is 15.1. The number of amides is 1. The van der Waals surface area contributed by atoms with E-state index in [4.69, 9.17) is 14.2 Å². The smallest absolute Gasteiger partial charge is 0.338 e. The molecule has 2 bridgehead atoms. The van der Waals surface area contributed by atoms with Gasteiger partial charge in [0.15, 0.2) is 11.9 Å². The summed E-state index contributed by atoms with van der Waals surface area (Å²) in [7, 11) is 0. The standard InChI is InChI=1S/C38H45NO12.Ac/c1-19-23(50-34(46)29(43)27(39-20(2)40)21-12-8-6-9-13-21)17-38(48)32(51-33(45)22-14-10-7-11-15-22)30-36(5,24(41)16-25-37(30,47)18-49-25)31(44)28(42)26(19)35(38,3)4;/h6-15,23-25,27-30,32,41-43,47-48H,16-18H2,1-5H3,(H,39,40);/t23?,24?,25?,27?,28?,29?,30?,32?,36-,37?,38?;/m1./s1. The van der Waals surface area contributed by atoms with Crippen LogP contribution in [-0.4, -0.2) is 104 Å². The van der Waals surface area contributed by atoms with Gasteiger partial charge in [-0.2, -0.15) is 0 Å². The van der Waals surface area contributed by atoms with Crippen LogP contribution in [-0.2, 0) is 28.6 Å². The van der Waals surface area contributed by atoms with E-state index in [9.17, 15) is 44.7 Å². The van der Waals surface area contributed by atoms with E-state index in [2.05, 4.69) is 5.32 Å². The zero-order valence-electron chi connectivity index (χ0n) is 29.7. The van der Waals surface area contributed by atoms with Gasteiger partial charge >= 0.3 is 11.9 Å². The van der Waals surface area contributed by atoms with E-state index in [1.54, 1.807) is 62.4 Å². The third kappa shape index (κ3) is 6.31. The Morgan fingerprint density at radius 2 is 1.56 bits per heavy atom. The van der Waals surface area contributed by atoms with Gasteiger partial charge in [-0.15, -0.1) is 0 Å². The van der Waals surface area contributed by atoms with Crippen molar-refractivity contribution in [1.29, 1.82) is 0 Å². The van der Waals surface area contributed by atoms with Gasteiger partial charge in [0.05, 0.1) is 35.8 Å². The second kappa shape index (κ2) is 14.6. The molecule has 13 nitrogen and oxygen atoms in total. The van der Waals surface area contributed by atoms with Gasteiger partial charge in [0.1, 0.15) is 29.5 Å². The molecule has 2 aromatic rings. The summed E-state index contributed by atoms with van der Waals surface area (Å²) < 4.78 is 17.7. The van der Waals surface area contributed by atoms with Crippen LogP contribution in [0.5, 0.6) is 0 Å². The average molecular weight is 935 g/mol. The molecule has 1 saturated heterocycles. The third-order valence-electron chi connectivity index (χ3n) is 12.0. The summed E-state index contributed by atoms with van der Waals surface area (Å²) in [6.07, 6.45) is -10.1. The van der Waals surface area contributed by atoms with Crippen LogP contribution in [0, 0.1) is 60.8 Å². The topological polar surface area (TPSA) is 209 Å². The first-order chi connectivity index (χ1) is 23.9. The van der Waals surface area contributed by atoms with Gasteiger partial charge in [0, 0.05) is 75.2 Å². The fourth-order valence-corrected chi connectivity index (χ4v) is 8.95. The monoisotopic (exact) mass is 934 g/mol. The van der Waals surface area contributed by atoms with Gasteiger partial charge in [-0.05, 0) is 42.7 Å². The number of Topliss-reactive ketones (excluding diaryl/α,β-unsaturated/α-hetero) is 1. The molecule has 52 heavy (non-hydrogen) atoms. The van der Waals surface area contributed by atoms with Crippen molar-refractivity contribution in [2.75, 3.05) is 6.61 Å². The van der Waals surface area contributed by atoms with Crippen LogP contribution in [0.25, 0.3) is 0 Å². The number of nitrogens with one attached hydrogen (secondary N) is 1. The van der Waals surface area contributed by atoms with Gasteiger partial charge in [-0.3, -0.25) is 9.59 Å². The molecule has 6 N–H and O–H groups in total. The van der Waals surface area contributed by atoms with Crippen LogP contribution in [0.3, 0.4) is 0 Å². The molecule has 10 unspecified atom stereocenters. The quantitative estimate of drug-likeness (QED) is 0.172. The molecule has 1 radical (unpaired) electrons. The average Bonchev–Trinajstić information content (AvgIpc) is 3.09. The number of hydrogen-bond donors (Lipinski definition) is 6. The normalized spacial score (nSPS) is 35.8. The first kappa shape index (κ1) is 40.6. The summed E-state index contributed by atoms with van der Waals surface area (Å²) in [5.41, 5.74) is -6.99. The fourth-order valence-electron chi connectivity index (χ4n) is 8.95. The maximum atomic E-state index is 14.6. The third-order valence-corrected chi connectivity index (χ3v) is 12.0. The van der Waals surface area contributed by atoms with Crippen molar-refractivity contribution < 1.29 is 103 Å². The van der Waals surface area contributed by atoms with Crippen LogP contribution < -0.4 is 5.32 Å². The predicted molar refractivity (Wildman–Crippen MR) is 179 cm³/mol. The van der Waals surface area contributed by atoms with E-state index >= 15 is 0 Å². The summed E-state index contributed by atoms with van der Waals surface area (Å²) in [4.78, 5) is 54.3. The minimum atomic E-state index is -2.28. The number of rotatable bonds is 7. The molecule has 3 fully saturated rings. The Bertz CT molecular complexity index is 1750. The van der Waals surface area contributed by atoms with Crippen molar-refractivity contribution >= 4 is 23.6 Å². The van der Waals surface area contributed by atoms with E-state index in [1.165, 1.54) is 32.9 Å². The van der Waals surface area contributed by atoms with Crippen LogP contribution >= 0.6 is 0 Å². The van der Waals surface area contributed by atoms with Crippen LogP contribution in [0.4, 0.5) is 0 Å². The summed E-state index contributed by atoms with van der Waals surface area (Å²) >= 11 is 0. The number of ether oxygens (including phenoxy) is 3. The first-order valence-electron chi connectivity index (χ1n) is 17.0. The van der Waals surface area contributed by atoms with Crippen molar-refractivity contribution in [1.82, 2.24) is 5.32 Å². The van der Waals surface area contributed by atoms with Crippen molar-refractivity contribution in [2.24, 2.45) is 16.7 Å². The summed E-state index contributed by atoms with van der Waals surface area (Å²) in [6.45, 7) is 6.94. The molecule has 2 saturated carbocycles. The van der Waals surface area contributed by atoms with E-state index < -0.39 is 101 Å². The van der Waals surface area contributed by atoms with Crippen LogP contribution in [0.1, 0.15) is 69.4 Å². The minimum absolute atomic E-state index is 0. The molecule has 0 aromatic heterocycles. The number of ketones is 1. The first-order valence-corrected chi connectivity index (χ1v) is 17.0. The largest absolute Gasteiger partial charge is 0.456 e. The number of aliphatic hydroxyl groups is 5. The zero-order valence-corrected chi connectivity index (χ0v) is 34.4. The van der Waals surface area contributed by atoms with Crippen molar-refractivity contribution in [2.45, 2.75) is 101 Å². The predicted octanol–water partition coefficient (Wildman–Crippen LogP) is 1.30. The number of carbonyl (C=O) groups is 4.